The number of rotatable bonds is 4. The maximum absolute atomic E-state index is 9.66. The van der Waals surface area contributed by atoms with E-state index in [4.69, 9.17) is 9.84 Å². The Morgan fingerprint density at radius 3 is 2.46 bits per heavy atom. The minimum atomic E-state index is 0.0285. The average Bonchev–Trinajstić information content (AvgIpc) is 3.29. The molecule has 0 radical (unpaired) electrons. The second-order valence-corrected chi connectivity index (χ2v) is 7.08. The molecule has 0 bridgehead atoms. The quantitative estimate of drug-likeness (QED) is 0.738. The predicted molar refractivity (Wildman–Crippen MR) is 104 cm³/mol. The third-order valence-corrected chi connectivity index (χ3v) is 5.29. The SMILES string of the molecule is COc1ccc(C2=NN(c3nc(O)cs3)C(c3ccc(C)cc3)C2)cc1. The molecule has 1 atom stereocenters. The molecule has 0 saturated heterocycles. The molecule has 0 amide bonds. The van der Waals surface area contributed by atoms with Crippen LogP contribution < -0.4 is 9.75 Å². The third-order valence-electron chi connectivity index (χ3n) is 4.47. The number of nitrogens with zero attached hydrogens (tertiary/aromatic N) is 3. The predicted octanol–water partition coefficient (Wildman–Crippen LogP) is 4.52. The van der Waals surface area contributed by atoms with Crippen molar-refractivity contribution in [2.75, 3.05) is 12.1 Å². The van der Waals surface area contributed by atoms with Crippen molar-refractivity contribution in [3.63, 3.8) is 0 Å². The molecule has 5 nitrogen and oxygen atoms in total. The standard InChI is InChI=1S/C20H19N3O2S/c1-13-3-5-15(6-4-13)18-11-17(14-7-9-16(25-2)10-8-14)22-23(18)20-21-19(24)12-26-20/h3-10,12,18,24H,11H2,1-2H3. The molecule has 26 heavy (non-hydrogen) atoms. The minimum Gasteiger partial charge on any atom is -0.497 e. The Balaban J connectivity index is 1.71. The van der Waals surface area contributed by atoms with Crippen LogP contribution in [0.15, 0.2) is 59.0 Å². The van der Waals surface area contributed by atoms with Crippen LogP contribution in [-0.2, 0) is 0 Å². The van der Waals surface area contributed by atoms with Gasteiger partial charge in [0.25, 0.3) is 0 Å². The summed E-state index contributed by atoms with van der Waals surface area (Å²) in [5, 5.41) is 18.7. The molecular formula is C20H19N3O2S. The summed E-state index contributed by atoms with van der Waals surface area (Å²) in [6.07, 6.45) is 0.774. The number of aromatic nitrogens is 1. The smallest absolute Gasteiger partial charge is 0.223 e. The van der Waals surface area contributed by atoms with Crippen molar-refractivity contribution >= 4 is 22.2 Å². The van der Waals surface area contributed by atoms with Gasteiger partial charge in [0.1, 0.15) is 5.75 Å². The molecule has 0 saturated carbocycles. The molecule has 1 N–H and O–H groups in total. The molecule has 1 aliphatic heterocycles. The molecule has 2 aromatic carbocycles. The summed E-state index contributed by atoms with van der Waals surface area (Å²) in [5.41, 5.74) is 4.46. The highest BCUT2D eigenvalue weighted by Crippen LogP contribution is 2.39. The van der Waals surface area contributed by atoms with E-state index >= 15 is 0 Å². The van der Waals surface area contributed by atoms with E-state index in [2.05, 4.69) is 36.2 Å². The lowest BCUT2D eigenvalue weighted by atomic mass is 9.98. The summed E-state index contributed by atoms with van der Waals surface area (Å²) in [7, 11) is 1.66. The summed E-state index contributed by atoms with van der Waals surface area (Å²) in [5.74, 6) is 0.852. The number of methoxy groups -OCH3 is 1. The van der Waals surface area contributed by atoms with Crippen LogP contribution >= 0.6 is 11.3 Å². The molecule has 1 aliphatic rings. The maximum Gasteiger partial charge on any atom is 0.223 e. The first-order valence-electron chi connectivity index (χ1n) is 8.36. The lowest BCUT2D eigenvalue weighted by Gasteiger charge is -2.21. The van der Waals surface area contributed by atoms with E-state index in [1.807, 2.05) is 29.3 Å². The topological polar surface area (TPSA) is 58.0 Å². The fourth-order valence-corrected chi connectivity index (χ4v) is 3.74. The second kappa shape index (κ2) is 6.80. The van der Waals surface area contributed by atoms with Crippen LogP contribution in [0.4, 0.5) is 5.13 Å². The Kier molecular flexibility index (Phi) is 4.34. The molecule has 3 aromatic rings. The highest BCUT2D eigenvalue weighted by Gasteiger charge is 2.31. The largest absolute Gasteiger partial charge is 0.497 e. The van der Waals surface area contributed by atoms with Crippen LogP contribution in [0, 0.1) is 6.92 Å². The van der Waals surface area contributed by atoms with Gasteiger partial charge in [0, 0.05) is 6.42 Å². The van der Waals surface area contributed by atoms with E-state index in [0.29, 0.717) is 5.13 Å². The first-order valence-corrected chi connectivity index (χ1v) is 9.24. The number of hydrogen-bond donors (Lipinski definition) is 1. The molecular weight excluding hydrogens is 346 g/mol. The van der Waals surface area contributed by atoms with Gasteiger partial charge in [0.15, 0.2) is 0 Å². The highest BCUT2D eigenvalue weighted by atomic mass is 32.1. The number of aryl methyl sites for hydroxylation is 1. The van der Waals surface area contributed by atoms with Crippen LogP contribution in [0.1, 0.15) is 29.2 Å². The number of hydrogen-bond acceptors (Lipinski definition) is 6. The second-order valence-electron chi connectivity index (χ2n) is 6.24. The van der Waals surface area contributed by atoms with Gasteiger partial charge in [-0.3, -0.25) is 0 Å². The molecule has 0 fully saturated rings. The van der Waals surface area contributed by atoms with Crippen molar-refractivity contribution in [1.82, 2.24) is 4.98 Å². The summed E-state index contributed by atoms with van der Waals surface area (Å²) < 4.78 is 5.24. The first kappa shape index (κ1) is 16.6. The van der Waals surface area contributed by atoms with E-state index < -0.39 is 0 Å². The van der Waals surface area contributed by atoms with E-state index in [-0.39, 0.29) is 11.9 Å². The number of anilines is 1. The Bertz CT molecular complexity index is 932. The van der Waals surface area contributed by atoms with Crippen LogP contribution in [0.25, 0.3) is 0 Å². The van der Waals surface area contributed by atoms with E-state index in [1.165, 1.54) is 22.5 Å². The number of hydrazone groups is 1. The number of ether oxygens (including phenoxy) is 1. The fourth-order valence-electron chi connectivity index (χ4n) is 3.05. The van der Waals surface area contributed by atoms with E-state index in [1.54, 1.807) is 12.5 Å². The highest BCUT2D eigenvalue weighted by molar-refractivity contribution is 7.13. The molecule has 6 heteroatoms. The van der Waals surface area contributed by atoms with E-state index in [0.717, 1.165) is 23.4 Å². The summed E-state index contributed by atoms with van der Waals surface area (Å²) >= 11 is 1.39. The zero-order chi connectivity index (χ0) is 18.1. The molecule has 1 unspecified atom stereocenters. The Morgan fingerprint density at radius 1 is 1.12 bits per heavy atom. The van der Waals surface area contributed by atoms with Crippen LogP contribution in [0.2, 0.25) is 0 Å². The van der Waals surface area contributed by atoms with Gasteiger partial charge in [-0.05, 0) is 42.3 Å². The monoisotopic (exact) mass is 365 g/mol. The van der Waals surface area contributed by atoms with Gasteiger partial charge in [0.2, 0.25) is 11.0 Å². The number of thiazole rings is 1. The van der Waals surface area contributed by atoms with Crippen molar-refractivity contribution < 1.29 is 9.84 Å². The van der Waals surface area contributed by atoms with Crippen molar-refractivity contribution in [2.24, 2.45) is 5.10 Å². The normalized spacial score (nSPS) is 16.6. The molecule has 0 aliphatic carbocycles. The third kappa shape index (κ3) is 3.15. The summed E-state index contributed by atoms with van der Waals surface area (Å²) in [4.78, 5) is 4.21. The molecule has 1 aromatic heterocycles. The van der Waals surface area contributed by atoms with Crippen LogP contribution in [0.3, 0.4) is 0 Å². The van der Waals surface area contributed by atoms with Gasteiger partial charge >= 0.3 is 0 Å². The average molecular weight is 365 g/mol. The number of aromatic hydroxyl groups is 1. The van der Waals surface area contributed by atoms with Gasteiger partial charge in [0.05, 0.1) is 24.2 Å². The molecule has 0 spiro atoms. The molecule has 4 rings (SSSR count). The number of benzene rings is 2. The van der Waals surface area contributed by atoms with E-state index in [9.17, 15) is 5.11 Å². The van der Waals surface area contributed by atoms with Gasteiger partial charge in [-0.15, -0.1) is 0 Å². The zero-order valence-corrected chi connectivity index (χ0v) is 15.4. The lowest BCUT2D eigenvalue weighted by Crippen LogP contribution is -2.18. The summed E-state index contributed by atoms with van der Waals surface area (Å²) in [6, 6.07) is 16.5. The first-order chi connectivity index (χ1) is 12.6. The minimum absolute atomic E-state index is 0.0285. The van der Waals surface area contributed by atoms with Crippen LogP contribution in [0.5, 0.6) is 11.6 Å². The maximum atomic E-state index is 9.66. The summed E-state index contributed by atoms with van der Waals surface area (Å²) in [6.45, 7) is 2.08. The molecule has 2 heterocycles. The Hall–Kier alpha value is -2.86. The lowest BCUT2D eigenvalue weighted by molar-refractivity contribution is 0.415. The Labute approximate surface area is 156 Å². The van der Waals surface area contributed by atoms with Gasteiger partial charge < -0.3 is 9.84 Å². The van der Waals surface area contributed by atoms with Crippen molar-refractivity contribution in [3.8, 4) is 11.6 Å². The molecule has 132 valence electrons. The van der Waals surface area contributed by atoms with Crippen molar-refractivity contribution in [3.05, 3.63) is 70.6 Å². The van der Waals surface area contributed by atoms with Gasteiger partial charge in [-0.1, -0.05) is 41.2 Å². The zero-order valence-electron chi connectivity index (χ0n) is 14.6. The fraction of sp³-hybridized carbons (Fsp3) is 0.200. The van der Waals surface area contributed by atoms with Gasteiger partial charge in [-0.2, -0.15) is 10.1 Å². The van der Waals surface area contributed by atoms with Crippen LogP contribution in [-0.4, -0.2) is 22.9 Å². The van der Waals surface area contributed by atoms with Crippen molar-refractivity contribution in [2.45, 2.75) is 19.4 Å². The van der Waals surface area contributed by atoms with Gasteiger partial charge in [-0.25, -0.2) is 5.01 Å². The van der Waals surface area contributed by atoms with Crippen molar-refractivity contribution in [1.29, 1.82) is 0 Å². The Morgan fingerprint density at radius 2 is 1.85 bits per heavy atom.